The van der Waals surface area contributed by atoms with Crippen LogP contribution in [-0.2, 0) is 9.53 Å². The van der Waals surface area contributed by atoms with Gasteiger partial charge in [0.25, 0.3) is 6.43 Å². The van der Waals surface area contributed by atoms with Crippen molar-refractivity contribution in [1.29, 1.82) is 0 Å². The molecule has 0 radical (unpaired) electrons. The van der Waals surface area contributed by atoms with Crippen molar-refractivity contribution in [3.05, 3.63) is 11.6 Å². The molecule has 0 N–H and O–H groups in total. The quantitative estimate of drug-likeness (QED) is 0.487. The van der Waals surface area contributed by atoms with E-state index in [-0.39, 0.29) is 12.2 Å². The van der Waals surface area contributed by atoms with Crippen LogP contribution in [-0.4, -0.2) is 19.0 Å². The second kappa shape index (κ2) is 5.69. The number of allylic oxidation sites excluding steroid dienone is 1. The van der Waals surface area contributed by atoms with Crippen molar-refractivity contribution in [2.45, 2.75) is 26.7 Å². The summed E-state index contributed by atoms with van der Waals surface area (Å²) in [4.78, 5) is 10.7. The van der Waals surface area contributed by atoms with Crippen molar-refractivity contribution in [3.8, 4) is 0 Å². The van der Waals surface area contributed by atoms with Gasteiger partial charge in [-0.05, 0) is 18.9 Å². The summed E-state index contributed by atoms with van der Waals surface area (Å²) in [6.07, 6.45) is -1.08. The molecular formula is C8H12F2O2. The number of rotatable bonds is 4. The molecule has 0 fully saturated rings. The smallest absolute Gasteiger partial charge is 0.330 e. The van der Waals surface area contributed by atoms with E-state index < -0.39 is 12.4 Å². The number of alkyl halides is 2. The summed E-state index contributed by atoms with van der Waals surface area (Å²) in [6.45, 7) is 3.29. The molecule has 0 atom stereocenters. The van der Waals surface area contributed by atoms with Crippen LogP contribution in [0.5, 0.6) is 0 Å². The van der Waals surface area contributed by atoms with E-state index in [4.69, 9.17) is 0 Å². The minimum Gasteiger partial charge on any atom is -0.463 e. The van der Waals surface area contributed by atoms with Gasteiger partial charge >= 0.3 is 5.97 Å². The van der Waals surface area contributed by atoms with Crippen molar-refractivity contribution < 1.29 is 18.3 Å². The van der Waals surface area contributed by atoms with E-state index >= 15 is 0 Å². The minimum absolute atomic E-state index is 0.267. The van der Waals surface area contributed by atoms with Crippen LogP contribution >= 0.6 is 0 Å². The first-order chi connectivity index (χ1) is 5.57. The second-order valence-corrected chi connectivity index (χ2v) is 2.36. The van der Waals surface area contributed by atoms with Crippen LogP contribution < -0.4 is 0 Å². The van der Waals surface area contributed by atoms with E-state index in [1.807, 2.05) is 6.92 Å². The number of ether oxygens (including phenoxy) is 1. The molecule has 0 aromatic heterocycles. The van der Waals surface area contributed by atoms with Crippen LogP contribution in [0, 0.1) is 0 Å². The molecule has 0 aliphatic rings. The molecule has 0 amide bonds. The van der Waals surface area contributed by atoms with Gasteiger partial charge in [0, 0.05) is 6.08 Å². The second-order valence-electron chi connectivity index (χ2n) is 2.36. The molecule has 12 heavy (non-hydrogen) atoms. The maximum atomic E-state index is 11.8. The normalized spacial score (nSPS) is 11.9. The molecule has 2 nitrogen and oxygen atoms in total. The molecule has 0 heterocycles. The lowest BCUT2D eigenvalue weighted by atomic mass is 10.3. The van der Waals surface area contributed by atoms with Gasteiger partial charge in [-0.3, -0.25) is 0 Å². The maximum Gasteiger partial charge on any atom is 0.330 e. The minimum atomic E-state index is -2.58. The summed E-state index contributed by atoms with van der Waals surface area (Å²) in [5.74, 6) is -0.699. The van der Waals surface area contributed by atoms with Gasteiger partial charge in [0.2, 0.25) is 0 Å². The molecule has 0 saturated carbocycles. The van der Waals surface area contributed by atoms with Crippen LogP contribution in [0.4, 0.5) is 8.78 Å². The molecule has 0 aromatic carbocycles. The molecule has 0 spiro atoms. The number of esters is 1. The maximum absolute atomic E-state index is 11.8. The summed E-state index contributed by atoms with van der Waals surface area (Å²) in [5, 5.41) is 0. The van der Waals surface area contributed by atoms with E-state index in [1.165, 1.54) is 6.92 Å². The molecule has 4 heteroatoms. The van der Waals surface area contributed by atoms with E-state index in [1.54, 1.807) is 0 Å². The van der Waals surface area contributed by atoms with Crippen LogP contribution in [0.1, 0.15) is 20.3 Å². The predicted molar refractivity (Wildman–Crippen MR) is 41.0 cm³/mol. The molecule has 0 aliphatic carbocycles. The Bertz CT molecular complexity index is 176. The summed E-state index contributed by atoms with van der Waals surface area (Å²) >= 11 is 0. The molecule has 0 rings (SSSR count). The van der Waals surface area contributed by atoms with Crippen LogP contribution in [0.3, 0.4) is 0 Å². The Hall–Kier alpha value is -0.930. The van der Waals surface area contributed by atoms with E-state index in [0.29, 0.717) is 6.42 Å². The standard InChI is InChI=1S/C8H12F2O2/c1-3-4-12-7(11)5-6(2)8(9)10/h5,8H,3-4H2,1-2H3. The zero-order chi connectivity index (χ0) is 9.56. The number of hydrogen-bond donors (Lipinski definition) is 0. The van der Waals surface area contributed by atoms with E-state index in [2.05, 4.69) is 4.74 Å². The molecule has 0 aromatic rings. The third-order valence-corrected chi connectivity index (χ3v) is 1.14. The summed E-state index contributed by atoms with van der Waals surface area (Å²) in [5.41, 5.74) is -0.267. The lowest BCUT2D eigenvalue weighted by molar-refractivity contribution is -0.137. The first-order valence-electron chi connectivity index (χ1n) is 3.71. The predicted octanol–water partition coefficient (Wildman–Crippen LogP) is 2.15. The van der Waals surface area contributed by atoms with Crippen molar-refractivity contribution in [3.63, 3.8) is 0 Å². The van der Waals surface area contributed by atoms with Crippen molar-refractivity contribution in [2.75, 3.05) is 6.61 Å². The van der Waals surface area contributed by atoms with Gasteiger partial charge in [-0.25, -0.2) is 13.6 Å². The van der Waals surface area contributed by atoms with Crippen LogP contribution in [0.25, 0.3) is 0 Å². The first-order valence-corrected chi connectivity index (χ1v) is 3.71. The third-order valence-electron chi connectivity index (χ3n) is 1.14. The van der Waals surface area contributed by atoms with Crippen LogP contribution in [0.2, 0.25) is 0 Å². The number of halogens is 2. The molecule has 0 aliphatic heterocycles. The zero-order valence-electron chi connectivity index (χ0n) is 7.14. The lowest BCUT2D eigenvalue weighted by Gasteiger charge is -2.00. The van der Waals surface area contributed by atoms with E-state index in [9.17, 15) is 13.6 Å². The molecule has 0 bridgehead atoms. The fourth-order valence-electron chi connectivity index (χ4n) is 0.493. The topological polar surface area (TPSA) is 26.3 Å². The van der Waals surface area contributed by atoms with Gasteiger partial charge in [-0.2, -0.15) is 0 Å². The van der Waals surface area contributed by atoms with E-state index in [0.717, 1.165) is 6.08 Å². The molecular weight excluding hydrogens is 166 g/mol. The summed E-state index contributed by atoms with van der Waals surface area (Å²) in [6, 6.07) is 0. The van der Waals surface area contributed by atoms with Crippen molar-refractivity contribution in [1.82, 2.24) is 0 Å². The molecule has 0 unspecified atom stereocenters. The fourth-order valence-corrected chi connectivity index (χ4v) is 0.493. The SMILES string of the molecule is CCCOC(=O)C=C(C)C(F)F. The largest absolute Gasteiger partial charge is 0.463 e. The summed E-state index contributed by atoms with van der Waals surface area (Å²) < 4.78 is 28.2. The third kappa shape index (κ3) is 4.82. The van der Waals surface area contributed by atoms with Gasteiger partial charge in [-0.1, -0.05) is 6.92 Å². The number of hydrogen-bond acceptors (Lipinski definition) is 2. The Balaban J connectivity index is 3.88. The number of carbonyl (C=O) groups is 1. The van der Waals surface area contributed by atoms with Crippen molar-refractivity contribution in [2.24, 2.45) is 0 Å². The van der Waals surface area contributed by atoms with Crippen molar-refractivity contribution >= 4 is 5.97 Å². The van der Waals surface area contributed by atoms with Gasteiger partial charge in [0.1, 0.15) is 0 Å². The Morgan fingerprint density at radius 3 is 2.58 bits per heavy atom. The average molecular weight is 178 g/mol. The average Bonchev–Trinajstić information content (AvgIpc) is 2.00. The fraction of sp³-hybridized carbons (Fsp3) is 0.625. The Morgan fingerprint density at radius 1 is 1.58 bits per heavy atom. The highest BCUT2D eigenvalue weighted by Gasteiger charge is 2.07. The molecule has 70 valence electrons. The lowest BCUT2D eigenvalue weighted by Crippen LogP contribution is -2.04. The monoisotopic (exact) mass is 178 g/mol. The summed E-state index contributed by atoms with van der Waals surface area (Å²) in [7, 11) is 0. The van der Waals surface area contributed by atoms with Gasteiger partial charge in [0.05, 0.1) is 6.61 Å². The first kappa shape index (κ1) is 11.1. The Morgan fingerprint density at radius 2 is 2.17 bits per heavy atom. The number of carbonyl (C=O) groups excluding carboxylic acids is 1. The van der Waals surface area contributed by atoms with Gasteiger partial charge in [-0.15, -0.1) is 0 Å². The highest BCUT2D eigenvalue weighted by atomic mass is 19.3. The van der Waals surface area contributed by atoms with Gasteiger partial charge in [0.15, 0.2) is 0 Å². The highest BCUT2D eigenvalue weighted by Crippen LogP contribution is 2.06. The van der Waals surface area contributed by atoms with Crippen LogP contribution in [0.15, 0.2) is 11.6 Å². The zero-order valence-corrected chi connectivity index (χ0v) is 7.14. The van der Waals surface area contributed by atoms with Gasteiger partial charge < -0.3 is 4.74 Å². The Kier molecular flexibility index (Phi) is 5.25. The molecule has 0 saturated heterocycles. The highest BCUT2D eigenvalue weighted by molar-refractivity contribution is 5.82. The Labute approximate surface area is 70.2 Å².